The number of aryl methyl sites for hydroxylation is 1. The zero-order valence-electron chi connectivity index (χ0n) is 11.1. The van der Waals surface area contributed by atoms with E-state index in [0.29, 0.717) is 16.8 Å². The molecular formula is C14H14N4O. The van der Waals surface area contributed by atoms with Crippen LogP contribution < -0.4 is 4.90 Å². The van der Waals surface area contributed by atoms with Crippen LogP contribution in [0.4, 0.5) is 5.69 Å². The summed E-state index contributed by atoms with van der Waals surface area (Å²) in [6, 6.07) is 9.01. The Bertz CT molecular complexity index is 666. The Morgan fingerprint density at radius 1 is 1.47 bits per heavy atom. The van der Waals surface area contributed by atoms with Gasteiger partial charge in [-0.15, -0.1) is 0 Å². The predicted molar refractivity (Wildman–Crippen MR) is 71.8 cm³/mol. The van der Waals surface area contributed by atoms with E-state index in [1.165, 1.54) is 4.90 Å². The summed E-state index contributed by atoms with van der Waals surface area (Å²) in [5, 5.41) is 12.9. The zero-order chi connectivity index (χ0) is 14.0. The van der Waals surface area contributed by atoms with Gasteiger partial charge in [-0.1, -0.05) is 6.07 Å². The molecule has 0 aliphatic heterocycles. The van der Waals surface area contributed by atoms with Crippen molar-refractivity contribution in [3.63, 3.8) is 0 Å². The predicted octanol–water partition coefficient (Wildman–Crippen LogP) is 1.88. The van der Waals surface area contributed by atoms with Gasteiger partial charge in [-0.25, -0.2) is 0 Å². The molecule has 0 spiro atoms. The van der Waals surface area contributed by atoms with Crippen LogP contribution in [-0.2, 0) is 7.05 Å². The number of hydrogen-bond acceptors (Lipinski definition) is 3. The van der Waals surface area contributed by atoms with Gasteiger partial charge in [0.25, 0.3) is 5.91 Å². The van der Waals surface area contributed by atoms with Crippen molar-refractivity contribution in [2.75, 3.05) is 11.9 Å². The minimum Gasteiger partial charge on any atom is -0.311 e. The van der Waals surface area contributed by atoms with Gasteiger partial charge in [0.1, 0.15) is 0 Å². The third-order valence-corrected chi connectivity index (χ3v) is 3.13. The smallest absolute Gasteiger partial charge is 0.261 e. The van der Waals surface area contributed by atoms with Gasteiger partial charge >= 0.3 is 0 Å². The number of aromatic nitrogens is 2. The molecule has 2 aromatic rings. The summed E-state index contributed by atoms with van der Waals surface area (Å²) < 4.78 is 1.66. The first kappa shape index (κ1) is 12.8. The van der Waals surface area contributed by atoms with Crippen LogP contribution in [0, 0.1) is 18.3 Å². The highest BCUT2D eigenvalue weighted by molar-refractivity contribution is 6.06. The summed E-state index contributed by atoms with van der Waals surface area (Å²) >= 11 is 0. The molecule has 2 rings (SSSR count). The normalized spacial score (nSPS) is 10.0. The molecule has 1 heterocycles. The molecule has 0 atom stereocenters. The summed E-state index contributed by atoms with van der Waals surface area (Å²) in [6.07, 6.45) is 1.56. The molecule has 0 saturated heterocycles. The van der Waals surface area contributed by atoms with E-state index in [-0.39, 0.29) is 5.91 Å². The van der Waals surface area contributed by atoms with Crippen LogP contribution in [0.3, 0.4) is 0 Å². The lowest BCUT2D eigenvalue weighted by Crippen LogP contribution is -2.26. The summed E-state index contributed by atoms with van der Waals surface area (Å²) in [4.78, 5) is 13.9. The lowest BCUT2D eigenvalue weighted by Gasteiger charge is -2.17. The average Bonchev–Trinajstić information content (AvgIpc) is 2.77. The van der Waals surface area contributed by atoms with E-state index >= 15 is 0 Å². The topological polar surface area (TPSA) is 61.9 Å². The van der Waals surface area contributed by atoms with Crippen molar-refractivity contribution in [2.45, 2.75) is 6.92 Å². The van der Waals surface area contributed by atoms with Crippen LogP contribution in [0.1, 0.15) is 21.6 Å². The molecule has 1 aromatic carbocycles. The van der Waals surface area contributed by atoms with Gasteiger partial charge in [-0.2, -0.15) is 10.4 Å². The van der Waals surface area contributed by atoms with E-state index in [1.54, 1.807) is 49.2 Å². The van der Waals surface area contributed by atoms with Crippen molar-refractivity contribution in [1.82, 2.24) is 9.78 Å². The molecule has 0 radical (unpaired) electrons. The third-order valence-electron chi connectivity index (χ3n) is 3.13. The molecule has 5 nitrogen and oxygen atoms in total. The van der Waals surface area contributed by atoms with Gasteiger partial charge in [0.05, 0.1) is 23.4 Å². The number of rotatable bonds is 2. The fourth-order valence-electron chi connectivity index (χ4n) is 1.79. The van der Waals surface area contributed by atoms with Crippen LogP contribution in [-0.4, -0.2) is 22.7 Å². The summed E-state index contributed by atoms with van der Waals surface area (Å²) in [5.74, 6) is -0.138. The molecule has 0 unspecified atom stereocenters. The van der Waals surface area contributed by atoms with Crippen molar-refractivity contribution in [2.24, 2.45) is 7.05 Å². The molecule has 0 aliphatic rings. The molecule has 0 fully saturated rings. The standard InChI is InChI=1S/C14H14N4O/c1-10-13(9-16-18(10)3)14(19)17(2)12-6-4-5-11(7-12)8-15/h4-7,9H,1-3H3. The van der Waals surface area contributed by atoms with Crippen LogP contribution in [0.15, 0.2) is 30.5 Å². The Hall–Kier alpha value is -2.61. The van der Waals surface area contributed by atoms with Crippen molar-refractivity contribution in [1.29, 1.82) is 5.26 Å². The average molecular weight is 254 g/mol. The van der Waals surface area contributed by atoms with Crippen LogP contribution in [0.2, 0.25) is 0 Å². The van der Waals surface area contributed by atoms with E-state index in [4.69, 9.17) is 5.26 Å². The summed E-state index contributed by atoms with van der Waals surface area (Å²) in [6.45, 7) is 1.85. The largest absolute Gasteiger partial charge is 0.311 e. The number of nitrogens with zero attached hydrogens (tertiary/aromatic N) is 4. The maximum absolute atomic E-state index is 12.4. The number of carbonyl (C=O) groups excluding carboxylic acids is 1. The second-order valence-electron chi connectivity index (χ2n) is 4.29. The molecule has 19 heavy (non-hydrogen) atoms. The van der Waals surface area contributed by atoms with Crippen molar-refractivity contribution in [3.05, 3.63) is 47.3 Å². The van der Waals surface area contributed by atoms with E-state index in [0.717, 1.165) is 5.69 Å². The van der Waals surface area contributed by atoms with E-state index < -0.39 is 0 Å². The zero-order valence-corrected chi connectivity index (χ0v) is 11.1. The molecule has 0 saturated carbocycles. The van der Waals surface area contributed by atoms with E-state index in [2.05, 4.69) is 11.2 Å². The lowest BCUT2D eigenvalue weighted by atomic mass is 10.2. The minimum absolute atomic E-state index is 0.138. The number of amides is 1. The highest BCUT2D eigenvalue weighted by Gasteiger charge is 2.18. The van der Waals surface area contributed by atoms with Gasteiger partial charge in [0.15, 0.2) is 0 Å². The first-order valence-electron chi connectivity index (χ1n) is 5.81. The number of nitriles is 1. The van der Waals surface area contributed by atoms with Crippen molar-refractivity contribution in [3.8, 4) is 6.07 Å². The Kier molecular flexibility index (Phi) is 3.34. The Balaban J connectivity index is 2.34. The molecule has 1 aromatic heterocycles. The number of anilines is 1. The van der Waals surface area contributed by atoms with Gasteiger partial charge in [0, 0.05) is 25.5 Å². The fourth-order valence-corrected chi connectivity index (χ4v) is 1.79. The van der Waals surface area contributed by atoms with Crippen molar-refractivity contribution < 1.29 is 4.79 Å². The second kappa shape index (κ2) is 4.94. The summed E-state index contributed by atoms with van der Waals surface area (Å²) in [5.41, 5.74) is 2.59. The molecular weight excluding hydrogens is 240 g/mol. The van der Waals surface area contributed by atoms with Gasteiger partial charge < -0.3 is 4.90 Å². The van der Waals surface area contributed by atoms with Gasteiger partial charge in [-0.3, -0.25) is 9.48 Å². The molecule has 1 amide bonds. The van der Waals surface area contributed by atoms with Gasteiger partial charge in [0.2, 0.25) is 0 Å². The highest BCUT2D eigenvalue weighted by Crippen LogP contribution is 2.18. The monoisotopic (exact) mass is 254 g/mol. The Morgan fingerprint density at radius 2 is 2.21 bits per heavy atom. The Labute approximate surface area is 111 Å². The van der Waals surface area contributed by atoms with Gasteiger partial charge in [-0.05, 0) is 25.1 Å². The number of benzene rings is 1. The SMILES string of the molecule is Cc1c(C(=O)N(C)c2cccc(C#N)c2)cnn1C. The molecule has 0 N–H and O–H groups in total. The summed E-state index contributed by atoms with van der Waals surface area (Å²) in [7, 11) is 3.48. The fraction of sp³-hybridized carbons (Fsp3) is 0.214. The number of carbonyl (C=O) groups is 1. The minimum atomic E-state index is -0.138. The number of hydrogen-bond donors (Lipinski definition) is 0. The second-order valence-corrected chi connectivity index (χ2v) is 4.29. The first-order chi connectivity index (χ1) is 9.04. The van der Waals surface area contributed by atoms with Crippen LogP contribution >= 0.6 is 0 Å². The maximum Gasteiger partial charge on any atom is 0.261 e. The quantitative estimate of drug-likeness (QED) is 0.822. The first-order valence-corrected chi connectivity index (χ1v) is 5.81. The lowest BCUT2D eigenvalue weighted by molar-refractivity contribution is 0.0992. The molecule has 5 heteroatoms. The van der Waals surface area contributed by atoms with E-state index in [1.807, 2.05) is 6.92 Å². The van der Waals surface area contributed by atoms with Crippen molar-refractivity contribution >= 4 is 11.6 Å². The maximum atomic E-state index is 12.4. The highest BCUT2D eigenvalue weighted by atomic mass is 16.2. The Morgan fingerprint density at radius 3 is 2.79 bits per heavy atom. The van der Waals surface area contributed by atoms with Crippen LogP contribution in [0.5, 0.6) is 0 Å². The van der Waals surface area contributed by atoms with E-state index in [9.17, 15) is 4.79 Å². The third kappa shape index (κ3) is 2.33. The molecule has 96 valence electrons. The molecule has 0 aliphatic carbocycles. The van der Waals surface area contributed by atoms with Crippen LogP contribution in [0.25, 0.3) is 0 Å². The molecule has 0 bridgehead atoms.